The molecular formula is C7H8N4. The fourth-order valence-corrected chi connectivity index (χ4v) is 1.06. The van der Waals surface area contributed by atoms with Crippen LogP contribution in [0.5, 0.6) is 0 Å². The van der Waals surface area contributed by atoms with Crippen LogP contribution < -0.4 is 0 Å². The van der Waals surface area contributed by atoms with E-state index in [0.717, 1.165) is 30.2 Å². The molecule has 1 aromatic rings. The van der Waals surface area contributed by atoms with Crippen molar-refractivity contribution in [3.8, 4) is 0 Å². The molecule has 4 heteroatoms. The molecule has 0 aromatic carbocycles. The zero-order valence-electron chi connectivity index (χ0n) is 6.28. The van der Waals surface area contributed by atoms with Gasteiger partial charge in [0, 0.05) is 6.42 Å². The second-order valence-corrected chi connectivity index (χ2v) is 2.46. The van der Waals surface area contributed by atoms with Gasteiger partial charge >= 0.3 is 0 Å². The minimum absolute atomic E-state index is 0.753. The number of rotatable bonds is 0. The summed E-state index contributed by atoms with van der Waals surface area (Å²) in [5.74, 6) is 0.806. The first-order valence-corrected chi connectivity index (χ1v) is 3.56. The molecule has 0 radical (unpaired) electrons. The number of fused-ring (bicyclic) bond motifs is 1. The third kappa shape index (κ3) is 1.11. The number of aromatic nitrogens is 2. The topological polar surface area (TPSA) is 50.5 Å². The van der Waals surface area contributed by atoms with Crippen molar-refractivity contribution in [3.63, 3.8) is 0 Å². The van der Waals surface area contributed by atoms with E-state index in [-0.39, 0.29) is 0 Å². The van der Waals surface area contributed by atoms with Gasteiger partial charge in [0.25, 0.3) is 0 Å². The number of hydrogen-bond acceptors (Lipinski definition) is 4. The minimum atomic E-state index is 0.753. The van der Waals surface area contributed by atoms with Crippen LogP contribution in [0.1, 0.15) is 11.5 Å². The van der Waals surface area contributed by atoms with Gasteiger partial charge in [-0.3, -0.25) is 0 Å². The molecule has 0 unspecified atom stereocenters. The van der Waals surface area contributed by atoms with Crippen LogP contribution in [-0.2, 0) is 6.42 Å². The quantitative estimate of drug-likeness (QED) is 0.558. The van der Waals surface area contributed by atoms with E-state index in [0.29, 0.717) is 0 Å². The highest BCUT2D eigenvalue weighted by Crippen LogP contribution is 2.20. The molecule has 0 atom stereocenters. The van der Waals surface area contributed by atoms with Gasteiger partial charge in [-0.2, -0.15) is 10.2 Å². The Bertz CT molecular complexity index is 305. The van der Waals surface area contributed by atoms with E-state index in [1.165, 1.54) is 0 Å². The summed E-state index contributed by atoms with van der Waals surface area (Å²) in [5.41, 5.74) is 1.84. The molecule has 0 aliphatic carbocycles. The van der Waals surface area contributed by atoms with Crippen molar-refractivity contribution < 1.29 is 0 Å². The molecule has 0 saturated heterocycles. The molecule has 0 bridgehead atoms. The molecule has 56 valence electrons. The Morgan fingerprint density at radius 1 is 1.45 bits per heavy atom. The maximum absolute atomic E-state index is 4.25. The molecular weight excluding hydrogens is 140 g/mol. The highest BCUT2D eigenvalue weighted by molar-refractivity contribution is 5.39. The third-order valence-corrected chi connectivity index (χ3v) is 1.59. The van der Waals surface area contributed by atoms with Gasteiger partial charge in [-0.15, -0.1) is 0 Å². The molecule has 0 saturated carbocycles. The van der Waals surface area contributed by atoms with Gasteiger partial charge in [0.2, 0.25) is 0 Å². The van der Waals surface area contributed by atoms with E-state index in [1.807, 2.05) is 6.92 Å². The van der Waals surface area contributed by atoms with Crippen LogP contribution in [0.25, 0.3) is 0 Å². The molecule has 0 N–H and O–H groups in total. The van der Waals surface area contributed by atoms with Gasteiger partial charge in [-0.25, -0.2) is 9.97 Å². The van der Waals surface area contributed by atoms with Crippen LogP contribution in [0.15, 0.2) is 16.4 Å². The second kappa shape index (κ2) is 2.38. The summed E-state index contributed by atoms with van der Waals surface area (Å²) in [6.45, 7) is 2.63. The van der Waals surface area contributed by atoms with Crippen molar-refractivity contribution in [2.75, 3.05) is 6.54 Å². The van der Waals surface area contributed by atoms with E-state index < -0.39 is 0 Å². The first kappa shape index (κ1) is 6.39. The predicted octanol–water partition coefficient (Wildman–Crippen LogP) is 1.42. The Kier molecular flexibility index (Phi) is 1.38. The number of nitrogens with zero attached hydrogens (tertiary/aromatic N) is 4. The molecule has 0 fully saturated rings. The largest absolute Gasteiger partial charge is 0.239 e. The molecule has 1 aliphatic heterocycles. The van der Waals surface area contributed by atoms with Crippen LogP contribution in [0.4, 0.5) is 5.69 Å². The van der Waals surface area contributed by atoms with Crippen LogP contribution in [0.2, 0.25) is 0 Å². The van der Waals surface area contributed by atoms with Gasteiger partial charge in [0.15, 0.2) is 0 Å². The number of aryl methyl sites for hydroxylation is 1. The average molecular weight is 148 g/mol. The van der Waals surface area contributed by atoms with Gasteiger partial charge in [0.05, 0.1) is 18.4 Å². The fourth-order valence-electron chi connectivity index (χ4n) is 1.06. The predicted molar refractivity (Wildman–Crippen MR) is 39.9 cm³/mol. The Morgan fingerprint density at radius 3 is 3.27 bits per heavy atom. The Morgan fingerprint density at radius 2 is 2.36 bits per heavy atom. The van der Waals surface area contributed by atoms with Gasteiger partial charge < -0.3 is 0 Å². The Hall–Kier alpha value is -1.32. The van der Waals surface area contributed by atoms with Crippen LogP contribution in [0, 0.1) is 6.92 Å². The molecule has 2 heterocycles. The maximum atomic E-state index is 4.25. The summed E-state index contributed by atoms with van der Waals surface area (Å²) >= 11 is 0. The Balaban J connectivity index is 2.53. The van der Waals surface area contributed by atoms with Crippen molar-refractivity contribution in [2.45, 2.75) is 13.3 Å². The standard InChI is InChI=1S/C7H8N4/c1-5-8-4-7-6(10-5)2-3-9-11-7/h4H,2-3H2,1H3. The summed E-state index contributed by atoms with van der Waals surface area (Å²) in [6.07, 6.45) is 2.61. The van der Waals surface area contributed by atoms with E-state index in [9.17, 15) is 0 Å². The van der Waals surface area contributed by atoms with Crippen LogP contribution in [-0.4, -0.2) is 16.5 Å². The first-order chi connectivity index (χ1) is 5.36. The van der Waals surface area contributed by atoms with Crippen molar-refractivity contribution >= 4 is 5.69 Å². The van der Waals surface area contributed by atoms with Crippen molar-refractivity contribution in [3.05, 3.63) is 17.7 Å². The molecule has 0 amide bonds. The van der Waals surface area contributed by atoms with E-state index in [4.69, 9.17) is 0 Å². The molecule has 1 aliphatic rings. The van der Waals surface area contributed by atoms with Crippen LogP contribution >= 0.6 is 0 Å². The summed E-state index contributed by atoms with van der Waals surface area (Å²) < 4.78 is 0. The normalized spacial score (nSPS) is 14.6. The SMILES string of the molecule is Cc1ncc2c(n1)CCN=N2. The van der Waals surface area contributed by atoms with E-state index >= 15 is 0 Å². The van der Waals surface area contributed by atoms with E-state index in [1.54, 1.807) is 6.20 Å². The van der Waals surface area contributed by atoms with Gasteiger partial charge in [-0.05, 0) is 6.92 Å². The molecule has 0 spiro atoms. The molecule has 11 heavy (non-hydrogen) atoms. The van der Waals surface area contributed by atoms with Gasteiger partial charge in [-0.1, -0.05) is 0 Å². The number of hydrogen-bond donors (Lipinski definition) is 0. The van der Waals surface area contributed by atoms with E-state index in [2.05, 4.69) is 20.2 Å². The lowest BCUT2D eigenvalue weighted by atomic mass is 10.2. The fraction of sp³-hybridized carbons (Fsp3) is 0.429. The van der Waals surface area contributed by atoms with Crippen molar-refractivity contribution in [2.24, 2.45) is 10.2 Å². The third-order valence-electron chi connectivity index (χ3n) is 1.59. The number of azo groups is 1. The lowest BCUT2D eigenvalue weighted by Crippen LogP contribution is -2.00. The first-order valence-electron chi connectivity index (χ1n) is 3.56. The van der Waals surface area contributed by atoms with Crippen molar-refractivity contribution in [1.29, 1.82) is 0 Å². The second-order valence-electron chi connectivity index (χ2n) is 2.46. The molecule has 2 rings (SSSR count). The highest BCUT2D eigenvalue weighted by atomic mass is 15.1. The van der Waals surface area contributed by atoms with Crippen LogP contribution in [0.3, 0.4) is 0 Å². The highest BCUT2D eigenvalue weighted by Gasteiger charge is 2.07. The smallest absolute Gasteiger partial charge is 0.125 e. The summed E-state index contributed by atoms with van der Waals surface area (Å²) in [6, 6.07) is 0. The monoisotopic (exact) mass is 148 g/mol. The summed E-state index contributed by atoms with van der Waals surface area (Å²) in [4.78, 5) is 8.28. The summed E-state index contributed by atoms with van der Waals surface area (Å²) in [7, 11) is 0. The van der Waals surface area contributed by atoms with Gasteiger partial charge in [0.1, 0.15) is 11.5 Å². The summed E-state index contributed by atoms with van der Waals surface area (Å²) in [5, 5.41) is 7.83. The Labute approximate surface area is 64.4 Å². The minimum Gasteiger partial charge on any atom is -0.239 e. The average Bonchev–Trinajstić information content (AvgIpc) is 2.04. The zero-order chi connectivity index (χ0) is 7.68. The van der Waals surface area contributed by atoms with Crippen molar-refractivity contribution in [1.82, 2.24) is 9.97 Å². The lowest BCUT2D eigenvalue weighted by Gasteiger charge is -2.06. The molecule has 1 aromatic heterocycles. The maximum Gasteiger partial charge on any atom is 0.125 e. The lowest BCUT2D eigenvalue weighted by molar-refractivity contribution is 0.810. The zero-order valence-corrected chi connectivity index (χ0v) is 6.28. The molecule has 4 nitrogen and oxygen atoms in total.